The van der Waals surface area contributed by atoms with Crippen molar-refractivity contribution in [3.8, 4) is 0 Å². The fraction of sp³-hybridized carbons (Fsp3) is 0.727. The fourth-order valence-corrected chi connectivity index (χ4v) is 2.55. The highest BCUT2D eigenvalue weighted by atomic mass is 15.3. The summed E-state index contributed by atoms with van der Waals surface area (Å²) in [6.07, 6.45) is 1.09. The van der Waals surface area contributed by atoms with Gasteiger partial charge in [-0.2, -0.15) is 5.10 Å². The lowest BCUT2D eigenvalue weighted by Crippen LogP contribution is -2.33. The van der Waals surface area contributed by atoms with Crippen molar-refractivity contribution in [2.24, 2.45) is 12.8 Å². The van der Waals surface area contributed by atoms with Gasteiger partial charge in [0.25, 0.3) is 0 Å². The van der Waals surface area contributed by atoms with Crippen LogP contribution >= 0.6 is 0 Å². The molecular weight excluding hydrogens is 188 g/mol. The van der Waals surface area contributed by atoms with Crippen LogP contribution in [0.4, 0.5) is 0 Å². The average Bonchev–Trinajstić information content (AvgIpc) is 2.69. The van der Waals surface area contributed by atoms with Crippen LogP contribution in [0.3, 0.4) is 0 Å². The maximum Gasteiger partial charge on any atom is 0.0670 e. The lowest BCUT2D eigenvalue weighted by atomic mass is 10.1. The third-order valence-corrected chi connectivity index (χ3v) is 3.30. The zero-order chi connectivity index (χ0) is 11.0. The number of hydrogen-bond acceptors (Lipinski definition) is 3. The van der Waals surface area contributed by atoms with Crippen LogP contribution in [0.25, 0.3) is 0 Å². The van der Waals surface area contributed by atoms with Crippen LogP contribution in [0.15, 0.2) is 6.07 Å². The number of hydrogen-bond donors (Lipinski definition) is 1. The number of aryl methyl sites for hydroxylation is 2. The summed E-state index contributed by atoms with van der Waals surface area (Å²) in [7, 11) is 2.00. The molecule has 4 nitrogen and oxygen atoms in total. The second-order valence-corrected chi connectivity index (χ2v) is 4.36. The van der Waals surface area contributed by atoms with Crippen LogP contribution in [0.1, 0.15) is 30.8 Å². The summed E-state index contributed by atoms with van der Waals surface area (Å²) >= 11 is 0. The summed E-state index contributed by atoms with van der Waals surface area (Å²) < 4.78 is 1.97. The van der Waals surface area contributed by atoms with E-state index in [4.69, 9.17) is 5.73 Å². The molecule has 2 rings (SSSR count). The molecule has 0 spiro atoms. The molecule has 2 atom stereocenters. The molecular formula is C11H20N4. The van der Waals surface area contributed by atoms with E-state index in [-0.39, 0.29) is 6.04 Å². The molecule has 1 saturated heterocycles. The van der Waals surface area contributed by atoms with Gasteiger partial charge in [-0.3, -0.25) is 9.58 Å². The molecule has 0 aliphatic carbocycles. The maximum absolute atomic E-state index is 6.17. The minimum absolute atomic E-state index is 0.250. The van der Waals surface area contributed by atoms with Crippen molar-refractivity contribution in [2.45, 2.75) is 32.4 Å². The van der Waals surface area contributed by atoms with Crippen LogP contribution in [0.5, 0.6) is 0 Å². The van der Waals surface area contributed by atoms with Crippen molar-refractivity contribution in [3.63, 3.8) is 0 Å². The maximum atomic E-state index is 6.17. The Balaban J connectivity index is 2.31. The summed E-state index contributed by atoms with van der Waals surface area (Å²) in [4.78, 5) is 2.43. The summed E-state index contributed by atoms with van der Waals surface area (Å²) in [5, 5.41) is 4.39. The Morgan fingerprint density at radius 3 is 2.87 bits per heavy atom. The molecule has 0 amide bonds. The van der Waals surface area contributed by atoms with E-state index >= 15 is 0 Å². The van der Waals surface area contributed by atoms with E-state index in [2.05, 4.69) is 23.0 Å². The highest BCUT2D eigenvalue weighted by Crippen LogP contribution is 2.30. The predicted molar refractivity (Wildman–Crippen MR) is 60.5 cm³/mol. The molecule has 84 valence electrons. The summed E-state index contributed by atoms with van der Waals surface area (Å²) in [6.45, 7) is 6.38. The Hall–Kier alpha value is -0.870. The number of nitrogens with zero attached hydrogens (tertiary/aromatic N) is 3. The van der Waals surface area contributed by atoms with E-state index in [1.54, 1.807) is 0 Å². The SMILES string of the molecule is CCN1CCC(N)C1c1cc(C)nn1C. The van der Waals surface area contributed by atoms with E-state index in [0.29, 0.717) is 6.04 Å². The molecule has 1 fully saturated rings. The second-order valence-electron chi connectivity index (χ2n) is 4.36. The van der Waals surface area contributed by atoms with E-state index < -0.39 is 0 Å². The van der Waals surface area contributed by atoms with Gasteiger partial charge in [-0.25, -0.2) is 0 Å². The van der Waals surface area contributed by atoms with E-state index in [1.807, 2.05) is 18.7 Å². The van der Waals surface area contributed by atoms with Crippen LogP contribution < -0.4 is 5.73 Å². The first kappa shape index (κ1) is 10.6. The molecule has 15 heavy (non-hydrogen) atoms. The summed E-state index contributed by atoms with van der Waals surface area (Å²) in [5.74, 6) is 0. The Labute approximate surface area is 91.1 Å². The molecule has 4 heteroatoms. The molecule has 1 aromatic heterocycles. The Morgan fingerprint density at radius 1 is 1.60 bits per heavy atom. The van der Waals surface area contributed by atoms with Crippen LogP contribution in [0, 0.1) is 6.92 Å². The van der Waals surface area contributed by atoms with Gasteiger partial charge >= 0.3 is 0 Å². The lowest BCUT2D eigenvalue weighted by Gasteiger charge is -2.25. The summed E-state index contributed by atoms with van der Waals surface area (Å²) in [6, 6.07) is 2.75. The zero-order valence-electron chi connectivity index (χ0n) is 9.77. The molecule has 2 N–H and O–H groups in total. The quantitative estimate of drug-likeness (QED) is 0.783. The molecule has 0 radical (unpaired) electrons. The smallest absolute Gasteiger partial charge is 0.0670 e. The molecule has 0 saturated carbocycles. The number of nitrogens with two attached hydrogens (primary N) is 1. The second kappa shape index (κ2) is 3.94. The summed E-state index contributed by atoms with van der Waals surface area (Å²) in [5.41, 5.74) is 8.49. The number of likely N-dealkylation sites (tertiary alicyclic amines) is 1. The van der Waals surface area contributed by atoms with E-state index in [9.17, 15) is 0 Å². The van der Waals surface area contributed by atoms with Gasteiger partial charge in [-0.05, 0) is 26.0 Å². The Kier molecular flexibility index (Phi) is 2.80. The van der Waals surface area contributed by atoms with Gasteiger partial charge in [0.1, 0.15) is 0 Å². The van der Waals surface area contributed by atoms with Crippen LogP contribution in [-0.4, -0.2) is 33.8 Å². The predicted octanol–water partition coefficient (Wildman–Crippen LogP) is 0.823. The molecule has 1 aromatic rings. The normalized spacial score (nSPS) is 27.5. The molecule has 1 aliphatic rings. The average molecular weight is 208 g/mol. The molecule has 1 aliphatic heterocycles. The Bertz CT molecular complexity index is 344. The topological polar surface area (TPSA) is 47.1 Å². The Morgan fingerprint density at radius 2 is 2.33 bits per heavy atom. The van der Waals surface area contributed by atoms with Crippen molar-refractivity contribution >= 4 is 0 Å². The van der Waals surface area contributed by atoms with E-state index in [1.165, 1.54) is 5.69 Å². The number of rotatable bonds is 2. The van der Waals surface area contributed by atoms with Gasteiger partial charge in [-0.1, -0.05) is 6.92 Å². The highest BCUT2D eigenvalue weighted by molar-refractivity contribution is 5.17. The monoisotopic (exact) mass is 208 g/mol. The van der Waals surface area contributed by atoms with Gasteiger partial charge in [0.15, 0.2) is 0 Å². The first-order chi connectivity index (χ1) is 7.13. The first-order valence-electron chi connectivity index (χ1n) is 5.63. The fourth-order valence-electron chi connectivity index (χ4n) is 2.55. The van der Waals surface area contributed by atoms with Crippen LogP contribution in [-0.2, 0) is 7.05 Å². The van der Waals surface area contributed by atoms with Crippen molar-refractivity contribution in [2.75, 3.05) is 13.1 Å². The van der Waals surface area contributed by atoms with Gasteiger partial charge in [0, 0.05) is 19.6 Å². The van der Waals surface area contributed by atoms with Gasteiger partial charge in [0.2, 0.25) is 0 Å². The number of likely N-dealkylation sites (N-methyl/N-ethyl adjacent to an activating group) is 1. The van der Waals surface area contributed by atoms with E-state index in [0.717, 1.165) is 25.2 Å². The van der Waals surface area contributed by atoms with Crippen molar-refractivity contribution in [1.29, 1.82) is 0 Å². The van der Waals surface area contributed by atoms with Crippen molar-refractivity contribution < 1.29 is 0 Å². The van der Waals surface area contributed by atoms with Gasteiger partial charge < -0.3 is 5.73 Å². The zero-order valence-corrected chi connectivity index (χ0v) is 9.77. The van der Waals surface area contributed by atoms with Gasteiger partial charge in [-0.15, -0.1) is 0 Å². The largest absolute Gasteiger partial charge is 0.326 e. The molecule has 2 heterocycles. The standard InChI is InChI=1S/C11H20N4/c1-4-15-6-5-9(12)11(15)10-7-8(2)13-14(10)3/h7,9,11H,4-6,12H2,1-3H3. The van der Waals surface area contributed by atoms with Crippen LogP contribution in [0.2, 0.25) is 0 Å². The van der Waals surface area contributed by atoms with Gasteiger partial charge in [0.05, 0.1) is 17.4 Å². The molecule has 0 aromatic carbocycles. The van der Waals surface area contributed by atoms with Crippen molar-refractivity contribution in [1.82, 2.24) is 14.7 Å². The minimum Gasteiger partial charge on any atom is -0.326 e. The third kappa shape index (κ3) is 1.79. The molecule has 0 bridgehead atoms. The molecule has 2 unspecified atom stereocenters. The minimum atomic E-state index is 0.250. The van der Waals surface area contributed by atoms with Crippen molar-refractivity contribution in [3.05, 3.63) is 17.5 Å². The third-order valence-electron chi connectivity index (χ3n) is 3.30. The lowest BCUT2D eigenvalue weighted by molar-refractivity contribution is 0.251. The first-order valence-corrected chi connectivity index (χ1v) is 5.63. The number of aromatic nitrogens is 2. The highest BCUT2D eigenvalue weighted by Gasteiger charge is 2.33.